The van der Waals surface area contributed by atoms with Crippen molar-refractivity contribution < 1.29 is 0 Å². The molecule has 0 saturated carbocycles. The number of nitrogens with zero attached hydrogens (tertiary/aromatic N) is 2. The molecular weight excluding hydrogens is 773 g/mol. The van der Waals surface area contributed by atoms with Crippen molar-refractivity contribution in [2.75, 3.05) is 9.80 Å². The summed E-state index contributed by atoms with van der Waals surface area (Å²) in [6.07, 6.45) is 0. The maximum atomic E-state index is 2.43. The summed E-state index contributed by atoms with van der Waals surface area (Å²) in [5, 5.41) is 2.52. The van der Waals surface area contributed by atoms with E-state index in [0.717, 1.165) is 34.1 Å². The summed E-state index contributed by atoms with van der Waals surface area (Å²) < 4.78 is 0. The molecule has 2 nitrogen and oxygen atoms in total. The van der Waals surface area contributed by atoms with Gasteiger partial charge in [0, 0.05) is 39.5 Å². The maximum absolute atomic E-state index is 2.43. The molecule has 0 saturated heterocycles. The summed E-state index contributed by atoms with van der Waals surface area (Å²) in [5.41, 5.74) is 20.3. The average Bonchev–Trinajstić information content (AvgIpc) is 3.57. The third-order valence-corrected chi connectivity index (χ3v) is 13.1. The van der Waals surface area contributed by atoms with Gasteiger partial charge in [-0.15, -0.1) is 0 Å². The first-order valence-electron chi connectivity index (χ1n) is 22.2. The summed E-state index contributed by atoms with van der Waals surface area (Å²) in [6, 6.07) is 86.4. The van der Waals surface area contributed by atoms with E-state index >= 15 is 0 Å². The molecular formula is C62H48N2. The smallest absolute Gasteiger partial charge is 0.0465 e. The Bertz CT molecular complexity index is 3270. The van der Waals surface area contributed by atoms with Crippen LogP contribution in [0.1, 0.15) is 30.5 Å². The van der Waals surface area contributed by atoms with E-state index in [-0.39, 0.29) is 5.41 Å². The second-order valence-electron chi connectivity index (χ2n) is 17.5. The van der Waals surface area contributed by atoms with Gasteiger partial charge in [-0.1, -0.05) is 178 Å². The van der Waals surface area contributed by atoms with Gasteiger partial charge >= 0.3 is 0 Å². The second kappa shape index (κ2) is 16.1. The minimum atomic E-state index is -0.245. The van der Waals surface area contributed by atoms with Crippen LogP contribution in [0.4, 0.5) is 34.1 Å². The standard InChI is InChI=1S/C62H48N2/c1-43-14-12-21-53(40-43)64(52-34-30-49(31-35-52)57-23-13-18-48-17-10-11-22-56(48)57)55-37-39-59-58-38-36-54(41-60(58)62(2,3)61(59)42-55)63(50-19-8-5-9-20-50)51-32-28-47(29-33-51)46-26-24-45(25-27-46)44-15-6-4-7-16-44/h4-42H,1-3H3. The first-order chi connectivity index (χ1) is 31.4. The Balaban J connectivity index is 0.937. The minimum Gasteiger partial charge on any atom is -0.310 e. The number of anilines is 6. The molecule has 0 amide bonds. The Morgan fingerprint density at radius 2 is 0.703 bits per heavy atom. The highest BCUT2D eigenvalue weighted by Crippen LogP contribution is 2.52. The van der Waals surface area contributed by atoms with Crippen LogP contribution >= 0.6 is 0 Å². The number of aryl methyl sites for hydroxylation is 1. The Kier molecular flexibility index (Phi) is 9.78. The van der Waals surface area contributed by atoms with Crippen molar-refractivity contribution in [2.24, 2.45) is 0 Å². The highest BCUT2D eigenvalue weighted by atomic mass is 15.1. The number of rotatable bonds is 9. The van der Waals surface area contributed by atoms with Crippen LogP contribution in [0.2, 0.25) is 0 Å². The molecule has 0 spiro atoms. The van der Waals surface area contributed by atoms with E-state index in [1.54, 1.807) is 0 Å². The molecule has 64 heavy (non-hydrogen) atoms. The zero-order valence-electron chi connectivity index (χ0n) is 36.4. The Morgan fingerprint density at radius 1 is 0.297 bits per heavy atom. The van der Waals surface area contributed by atoms with Gasteiger partial charge < -0.3 is 9.80 Å². The fourth-order valence-corrected chi connectivity index (χ4v) is 9.79. The first-order valence-corrected chi connectivity index (χ1v) is 22.2. The molecule has 0 radical (unpaired) electrons. The summed E-state index contributed by atoms with van der Waals surface area (Å²) in [7, 11) is 0. The summed E-state index contributed by atoms with van der Waals surface area (Å²) in [4.78, 5) is 4.79. The van der Waals surface area contributed by atoms with Crippen molar-refractivity contribution in [1.29, 1.82) is 0 Å². The van der Waals surface area contributed by atoms with Crippen molar-refractivity contribution in [1.82, 2.24) is 0 Å². The molecule has 0 N–H and O–H groups in total. The zero-order valence-corrected chi connectivity index (χ0v) is 36.4. The summed E-state index contributed by atoms with van der Waals surface area (Å²) >= 11 is 0. The lowest BCUT2D eigenvalue weighted by molar-refractivity contribution is 0.660. The van der Waals surface area contributed by atoms with Crippen LogP contribution in [-0.4, -0.2) is 0 Å². The molecule has 0 unspecified atom stereocenters. The predicted octanol–water partition coefficient (Wildman–Crippen LogP) is 17.4. The molecule has 11 rings (SSSR count). The molecule has 1 aliphatic rings. The number of hydrogen-bond donors (Lipinski definition) is 0. The molecule has 1 aliphatic carbocycles. The number of fused-ring (bicyclic) bond motifs is 4. The predicted molar refractivity (Wildman–Crippen MR) is 272 cm³/mol. The lowest BCUT2D eigenvalue weighted by atomic mass is 9.82. The van der Waals surface area contributed by atoms with E-state index in [2.05, 4.69) is 267 Å². The topological polar surface area (TPSA) is 6.48 Å². The van der Waals surface area contributed by atoms with Gasteiger partial charge in [-0.05, 0) is 152 Å². The van der Waals surface area contributed by atoms with Gasteiger partial charge in [-0.25, -0.2) is 0 Å². The maximum Gasteiger partial charge on any atom is 0.0465 e. The van der Waals surface area contributed by atoms with E-state index in [0.29, 0.717) is 0 Å². The largest absolute Gasteiger partial charge is 0.310 e. The van der Waals surface area contributed by atoms with Gasteiger partial charge in [0.2, 0.25) is 0 Å². The van der Waals surface area contributed by atoms with Crippen LogP contribution < -0.4 is 9.80 Å². The van der Waals surface area contributed by atoms with Crippen molar-refractivity contribution in [3.8, 4) is 44.5 Å². The first kappa shape index (κ1) is 38.9. The lowest BCUT2D eigenvalue weighted by Crippen LogP contribution is -2.17. The van der Waals surface area contributed by atoms with Gasteiger partial charge in [0.05, 0.1) is 0 Å². The molecule has 306 valence electrons. The average molecular weight is 821 g/mol. The molecule has 10 aromatic rings. The van der Waals surface area contributed by atoms with Gasteiger partial charge in [0.15, 0.2) is 0 Å². The van der Waals surface area contributed by atoms with Crippen LogP contribution in [0.15, 0.2) is 237 Å². The van der Waals surface area contributed by atoms with E-state index in [9.17, 15) is 0 Å². The van der Waals surface area contributed by atoms with Crippen molar-refractivity contribution in [3.05, 3.63) is 253 Å². The third-order valence-electron chi connectivity index (χ3n) is 13.1. The SMILES string of the molecule is Cc1cccc(N(c2ccc(-c3cccc4ccccc34)cc2)c2ccc3c(c2)C(C)(C)c2cc(N(c4ccccc4)c4ccc(-c5ccc(-c6ccccc6)cc5)cc4)ccc2-3)c1. The van der Waals surface area contributed by atoms with Gasteiger partial charge in [0.1, 0.15) is 0 Å². The number of para-hydroxylation sites is 1. The molecule has 0 fully saturated rings. The van der Waals surface area contributed by atoms with Gasteiger partial charge in [0.25, 0.3) is 0 Å². The lowest BCUT2D eigenvalue weighted by Gasteiger charge is -2.29. The van der Waals surface area contributed by atoms with Gasteiger partial charge in [-0.3, -0.25) is 0 Å². The van der Waals surface area contributed by atoms with E-state index < -0.39 is 0 Å². The van der Waals surface area contributed by atoms with E-state index in [4.69, 9.17) is 0 Å². The molecule has 2 heteroatoms. The quantitative estimate of drug-likeness (QED) is 0.143. The van der Waals surface area contributed by atoms with Crippen LogP contribution in [0, 0.1) is 6.92 Å². The Hall–Kier alpha value is -7.94. The fourth-order valence-electron chi connectivity index (χ4n) is 9.79. The van der Waals surface area contributed by atoms with Crippen molar-refractivity contribution in [3.63, 3.8) is 0 Å². The normalized spacial score (nSPS) is 12.4. The zero-order chi connectivity index (χ0) is 43.2. The number of benzene rings is 10. The Morgan fingerprint density at radius 3 is 1.30 bits per heavy atom. The minimum absolute atomic E-state index is 0.245. The highest BCUT2D eigenvalue weighted by molar-refractivity contribution is 5.97. The number of hydrogen-bond acceptors (Lipinski definition) is 2. The second-order valence-corrected chi connectivity index (χ2v) is 17.5. The van der Waals surface area contributed by atoms with Crippen LogP contribution in [0.25, 0.3) is 55.3 Å². The highest BCUT2D eigenvalue weighted by Gasteiger charge is 2.37. The summed E-state index contributed by atoms with van der Waals surface area (Å²) in [5.74, 6) is 0. The van der Waals surface area contributed by atoms with Crippen molar-refractivity contribution >= 4 is 44.9 Å². The van der Waals surface area contributed by atoms with E-state index in [1.807, 2.05) is 0 Å². The third kappa shape index (κ3) is 7.04. The van der Waals surface area contributed by atoms with Gasteiger partial charge in [-0.2, -0.15) is 0 Å². The van der Waals surface area contributed by atoms with Crippen LogP contribution in [-0.2, 0) is 5.41 Å². The Labute approximate surface area is 377 Å². The molecule has 10 aromatic carbocycles. The monoisotopic (exact) mass is 820 g/mol. The van der Waals surface area contributed by atoms with Crippen molar-refractivity contribution in [2.45, 2.75) is 26.2 Å². The van der Waals surface area contributed by atoms with Crippen LogP contribution in [0.5, 0.6) is 0 Å². The van der Waals surface area contributed by atoms with E-state index in [1.165, 1.54) is 72.0 Å². The molecule has 0 aliphatic heterocycles. The van der Waals surface area contributed by atoms with Crippen LogP contribution in [0.3, 0.4) is 0 Å². The molecule has 0 bridgehead atoms. The summed E-state index contributed by atoms with van der Waals surface area (Å²) in [6.45, 7) is 6.93. The molecule has 0 aromatic heterocycles. The molecule has 0 atom stereocenters. The fraction of sp³-hybridized carbons (Fsp3) is 0.0645. The molecule has 0 heterocycles.